The third kappa shape index (κ3) is 3.11. The van der Waals surface area contributed by atoms with E-state index in [9.17, 15) is 0 Å². The van der Waals surface area contributed by atoms with E-state index >= 15 is 0 Å². The van der Waals surface area contributed by atoms with Crippen molar-refractivity contribution in [2.45, 2.75) is 32.0 Å². The Morgan fingerprint density at radius 2 is 2.50 bits per heavy atom. The molecule has 1 aliphatic heterocycles. The van der Waals surface area contributed by atoms with E-state index in [-0.39, 0.29) is 6.10 Å². The van der Waals surface area contributed by atoms with Crippen molar-refractivity contribution in [2.75, 3.05) is 18.6 Å². The fraction of sp³-hybridized carbons (Fsp3) is 0.778. The Morgan fingerprint density at radius 1 is 1.56 bits per heavy atom. The summed E-state index contributed by atoms with van der Waals surface area (Å²) >= 11 is 1.23. The van der Waals surface area contributed by atoms with Crippen LogP contribution in [0.5, 0.6) is 0 Å². The zero-order valence-electron chi connectivity index (χ0n) is 9.02. The maximum atomic E-state index is 5.56. The Labute approximate surface area is 98.3 Å². The van der Waals surface area contributed by atoms with Crippen molar-refractivity contribution in [3.05, 3.63) is 5.69 Å². The first-order valence-electron chi connectivity index (χ1n) is 5.37. The molecule has 90 valence electrons. The quantitative estimate of drug-likeness (QED) is 0.592. The van der Waals surface area contributed by atoms with Gasteiger partial charge in [0, 0.05) is 18.1 Å². The highest BCUT2D eigenvalue weighted by Crippen LogP contribution is 2.18. The lowest BCUT2D eigenvalue weighted by Gasteiger charge is -2.22. The van der Waals surface area contributed by atoms with Gasteiger partial charge in [-0.3, -0.25) is 0 Å². The number of hydrogen-bond acceptors (Lipinski definition) is 7. The van der Waals surface area contributed by atoms with E-state index in [0.717, 1.165) is 30.1 Å². The van der Waals surface area contributed by atoms with Gasteiger partial charge in [-0.05, 0) is 19.3 Å². The van der Waals surface area contributed by atoms with E-state index in [0.29, 0.717) is 13.2 Å². The molecule has 16 heavy (non-hydrogen) atoms. The molecule has 1 aliphatic rings. The molecule has 1 fully saturated rings. The molecule has 0 aromatic carbocycles. The van der Waals surface area contributed by atoms with Crippen molar-refractivity contribution in [1.82, 2.24) is 9.59 Å². The van der Waals surface area contributed by atoms with E-state index in [1.54, 1.807) is 0 Å². The molecule has 2 rings (SSSR count). The van der Waals surface area contributed by atoms with Crippen LogP contribution in [0.2, 0.25) is 0 Å². The number of anilines is 1. The minimum atomic E-state index is 0.231. The average Bonchev–Trinajstić information content (AvgIpc) is 2.78. The fourth-order valence-electron chi connectivity index (χ4n) is 1.64. The number of aromatic nitrogens is 2. The standard InChI is InChI=1S/C9H16N4O2S/c10-11-9-8(12-13-16-9)6-14-5-7-3-1-2-4-15-7/h7,11H,1-6,10H2. The Hall–Kier alpha value is -0.760. The second-order valence-electron chi connectivity index (χ2n) is 3.70. The molecule has 7 heteroatoms. The highest BCUT2D eigenvalue weighted by molar-refractivity contribution is 7.10. The normalized spacial score (nSPS) is 20.9. The lowest BCUT2D eigenvalue weighted by molar-refractivity contribution is -0.0451. The molecule has 1 aromatic heterocycles. The van der Waals surface area contributed by atoms with E-state index < -0.39 is 0 Å². The molecule has 0 spiro atoms. The summed E-state index contributed by atoms with van der Waals surface area (Å²) in [6, 6.07) is 0. The summed E-state index contributed by atoms with van der Waals surface area (Å²) in [5.74, 6) is 5.31. The predicted octanol–water partition coefficient (Wildman–Crippen LogP) is 0.909. The van der Waals surface area contributed by atoms with E-state index in [4.69, 9.17) is 15.3 Å². The van der Waals surface area contributed by atoms with Gasteiger partial charge in [0.15, 0.2) is 0 Å². The van der Waals surface area contributed by atoms with Crippen LogP contribution in [-0.4, -0.2) is 28.9 Å². The summed E-state index contributed by atoms with van der Waals surface area (Å²) in [5.41, 5.74) is 3.30. The number of rotatable bonds is 5. The topological polar surface area (TPSA) is 82.3 Å². The molecule has 0 bridgehead atoms. The van der Waals surface area contributed by atoms with Crippen molar-refractivity contribution in [1.29, 1.82) is 0 Å². The highest BCUT2D eigenvalue weighted by Gasteiger charge is 2.14. The van der Waals surface area contributed by atoms with Crippen molar-refractivity contribution in [2.24, 2.45) is 5.84 Å². The molecule has 2 heterocycles. The van der Waals surface area contributed by atoms with Gasteiger partial charge in [-0.2, -0.15) is 0 Å². The molecule has 6 nitrogen and oxygen atoms in total. The van der Waals surface area contributed by atoms with E-state index in [1.807, 2.05) is 0 Å². The van der Waals surface area contributed by atoms with Crippen LogP contribution in [0.25, 0.3) is 0 Å². The third-order valence-electron chi connectivity index (χ3n) is 2.50. The van der Waals surface area contributed by atoms with Crippen molar-refractivity contribution in [3.8, 4) is 0 Å². The number of nitrogens with zero attached hydrogens (tertiary/aromatic N) is 2. The number of nitrogen functional groups attached to an aromatic ring is 1. The molecule has 0 saturated carbocycles. The summed E-state index contributed by atoms with van der Waals surface area (Å²) in [4.78, 5) is 0. The zero-order chi connectivity index (χ0) is 11.2. The monoisotopic (exact) mass is 244 g/mol. The second kappa shape index (κ2) is 6.09. The lowest BCUT2D eigenvalue weighted by Crippen LogP contribution is -2.24. The maximum Gasteiger partial charge on any atom is 0.149 e. The SMILES string of the molecule is NNc1snnc1COCC1CCCCO1. The first-order chi connectivity index (χ1) is 7.90. The molecular weight excluding hydrogens is 228 g/mol. The van der Waals surface area contributed by atoms with Crippen LogP contribution >= 0.6 is 11.5 Å². The van der Waals surface area contributed by atoms with E-state index in [1.165, 1.54) is 18.0 Å². The molecule has 1 saturated heterocycles. The Kier molecular flexibility index (Phi) is 4.46. The summed E-state index contributed by atoms with van der Waals surface area (Å²) in [7, 11) is 0. The largest absolute Gasteiger partial charge is 0.376 e. The molecular formula is C9H16N4O2S. The average molecular weight is 244 g/mol. The Bertz CT molecular complexity index is 314. The molecule has 1 unspecified atom stereocenters. The molecule has 1 atom stereocenters. The smallest absolute Gasteiger partial charge is 0.149 e. The van der Waals surface area contributed by atoms with Gasteiger partial charge in [-0.1, -0.05) is 4.49 Å². The van der Waals surface area contributed by atoms with Crippen LogP contribution in [-0.2, 0) is 16.1 Å². The summed E-state index contributed by atoms with van der Waals surface area (Å²) in [5, 5.41) is 4.68. The van der Waals surface area contributed by atoms with Gasteiger partial charge >= 0.3 is 0 Å². The molecule has 0 amide bonds. The van der Waals surface area contributed by atoms with Gasteiger partial charge in [-0.25, -0.2) is 5.84 Å². The van der Waals surface area contributed by atoms with Gasteiger partial charge in [0.2, 0.25) is 0 Å². The second-order valence-corrected chi connectivity index (χ2v) is 4.45. The van der Waals surface area contributed by atoms with Gasteiger partial charge in [0.05, 0.1) is 19.3 Å². The fourth-order valence-corrected chi connectivity index (χ4v) is 2.12. The van der Waals surface area contributed by atoms with Crippen LogP contribution in [0.1, 0.15) is 25.0 Å². The molecule has 0 radical (unpaired) electrons. The Balaban J connectivity index is 1.71. The van der Waals surface area contributed by atoms with Gasteiger partial charge < -0.3 is 14.9 Å². The number of hydrazine groups is 1. The van der Waals surface area contributed by atoms with Gasteiger partial charge in [0.25, 0.3) is 0 Å². The first-order valence-corrected chi connectivity index (χ1v) is 6.14. The molecule has 3 N–H and O–H groups in total. The van der Waals surface area contributed by atoms with E-state index in [2.05, 4.69) is 15.0 Å². The number of hydrogen-bond donors (Lipinski definition) is 2. The van der Waals surface area contributed by atoms with Gasteiger partial charge in [-0.15, -0.1) is 5.10 Å². The highest BCUT2D eigenvalue weighted by atomic mass is 32.1. The minimum absolute atomic E-state index is 0.231. The minimum Gasteiger partial charge on any atom is -0.376 e. The van der Waals surface area contributed by atoms with Crippen LogP contribution in [0.4, 0.5) is 5.00 Å². The van der Waals surface area contributed by atoms with Crippen molar-refractivity contribution < 1.29 is 9.47 Å². The molecule has 1 aromatic rings. The number of ether oxygens (including phenoxy) is 2. The van der Waals surface area contributed by atoms with Crippen LogP contribution in [0, 0.1) is 0 Å². The van der Waals surface area contributed by atoms with Crippen LogP contribution in [0.3, 0.4) is 0 Å². The van der Waals surface area contributed by atoms with Crippen molar-refractivity contribution in [3.63, 3.8) is 0 Å². The van der Waals surface area contributed by atoms with Crippen molar-refractivity contribution >= 4 is 16.5 Å². The first kappa shape index (κ1) is 11.7. The van der Waals surface area contributed by atoms with Crippen LogP contribution < -0.4 is 11.3 Å². The summed E-state index contributed by atoms with van der Waals surface area (Å²) in [6.07, 6.45) is 3.70. The lowest BCUT2D eigenvalue weighted by atomic mass is 10.1. The molecule has 0 aliphatic carbocycles. The van der Waals surface area contributed by atoms with Gasteiger partial charge in [0.1, 0.15) is 10.7 Å². The predicted molar refractivity (Wildman–Crippen MR) is 61.0 cm³/mol. The number of nitrogens with one attached hydrogen (secondary N) is 1. The number of nitrogens with two attached hydrogens (primary N) is 1. The summed E-state index contributed by atoms with van der Waals surface area (Å²) < 4.78 is 14.9. The van der Waals surface area contributed by atoms with Crippen LogP contribution in [0.15, 0.2) is 0 Å². The summed E-state index contributed by atoms with van der Waals surface area (Å²) in [6.45, 7) is 1.89. The Morgan fingerprint density at radius 3 is 3.25 bits per heavy atom. The maximum absolute atomic E-state index is 5.56. The zero-order valence-corrected chi connectivity index (χ0v) is 9.83. The third-order valence-corrected chi connectivity index (χ3v) is 3.20.